The van der Waals surface area contributed by atoms with Crippen LogP contribution in [0.3, 0.4) is 0 Å². The van der Waals surface area contributed by atoms with E-state index in [0.717, 1.165) is 5.69 Å². The monoisotopic (exact) mass is 395 g/mol. The number of nitro groups is 1. The number of nitrogens with zero attached hydrogens (tertiary/aromatic N) is 3. The minimum atomic E-state index is -3.40. The summed E-state index contributed by atoms with van der Waals surface area (Å²) in [7, 11) is -3.40. The number of hydrogen-bond acceptors (Lipinski definition) is 5. The number of hydrogen-bond donors (Lipinski definition) is 0. The maximum Gasteiger partial charge on any atom is 0.269 e. The number of rotatable bonds is 5. The van der Waals surface area contributed by atoms with Crippen molar-refractivity contribution < 1.29 is 13.3 Å². The molecule has 138 valence electrons. The average Bonchev–Trinajstić information content (AvgIpc) is 2.64. The molecule has 2 aromatic carbocycles. The fraction of sp³-hybridized carbons (Fsp3) is 0.294. The topological polar surface area (TPSA) is 83.8 Å². The van der Waals surface area contributed by atoms with E-state index in [9.17, 15) is 18.5 Å². The van der Waals surface area contributed by atoms with Gasteiger partial charge in [0.05, 0.1) is 10.7 Å². The molecule has 0 unspecified atom stereocenters. The van der Waals surface area contributed by atoms with Gasteiger partial charge >= 0.3 is 0 Å². The molecule has 1 aliphatic rings. The molecule has 1 aliphatic heterocycles. The number of non-ortho nitro benzene ring substituents is 1. The van der Waals surface area contributed by atoms with Crippen LogP contribution < -0.4 is 4.90 Å². The van der Waals surface area contributed by atoms with E-state index in [1.165, 1.54) is 16.4 Å². The molecular weight excluding hydrogens is 378 g/mol. The summed E-state index contributed by atoms with van der Waals surface area (Å²) in [6, 6.07) is 13.1. The Hall–Kier alpha value is -2.16. The summed E-state index contributed by atoms with van der Waals surface area (Å²) in [4.78, 5) is 12.3. The van der Waals surface area contributed by atoms with Gasteiger partial charge in [-0.05, 0) is 29.8 Å². The van der Waals surface area contributed by atoms with Gasteiger partial charge in [0.25, 0.3) is 5.69 Å². The lowest BCUT2D eigenvalue weighted by molar-refractivity contribution is -0.384. The highest BCUT2D eigenvalue weighted by molar-refractivity contribution is 7.88. The van der Waals surface area contributed by atoms with Crippen LogP contribution in [0.25, 0.3) is 0 Å². The molecule has 3 rings (SSSR count). The lowest BCUT2D eigenvalue weighted by Crippen LogP contribution is -2.49. The Kier molecular flexibility index (Phi) is 5.45. The van der Waals surface area contributed by atoms with Crippen LogP contribution in [-0.2, 0) is 15.8 Å². The van der Waals surface area contributed by atoms with E-state index < -0.39 is 14.9 Å². The minimum Gasteiger partial charge on any atom is -0.369 e. The lowest BCUT2D eigenvalue weighted by atomic mass is 10.2. The molecule has 0 aliphatic carbocycles. The molecule has 0 radical (unpaired) electrons. The Balaban J connectivity index is 1.62. The van der Waals surface area contributed by atoms with E-state index in [0.29, 0.717) is 36.8 Å². The molecule has 0 bridgehead atoms. The predicted molar refractivity (Wildman–Crippen MR) is 101 cm³/mol. The number of anilines is 1. The zero-order valence-corrected chi connectivity index (χ0v) is 15.5. The Morgan fingerprint density at radius 2 is 1.54 bits per heavy atom. The molecule has 1 fully saturated rings. The predicted octanol–water partition coefficient (Wildman–Crippen LogP) is 2.90. The Bertz CT molecular complexity index is 877. The van der Waals surface area contributed by atoms with Crippen molar-refractivity contribution in [2.24, 2.45) is 0 Å². The number of benzene rings is 2. The summed E-state index contributed by atoms with van der Waals surface area (Å²) in [6.45, 7) is 1.84. The first-order valence-corrected chi connectivity index (χ1v) is 10.1. The van der Waals surface area contributed by atoms with Gasteiger partial charge in [0.1, 0.15) is 0 Å². The smallest absolute Gasteiger partial charge is 0.269 e. The van der Waals surface area contributed by atoms with Crippen molar-refractivity contribution in [1.82, 2.24) is 4.31 Å². The molecule has 0 spiro atoms. The highest BCUT2D eigenvalue weighted by Crippen LogP contribution is 2.22. The largest absolute Gasteiger partial charge is 0.369 e. The van der Waals surface area contributed by atoms with Crippen LogP contribution in [0.4, 0.5) is 11.4 Å². The van der Waals surface area contributed by atoms with Gasteiger partial charge in [-0.1, -0.05) is 23.7 Å². The molecule has 1 heterocycles. The van der Waals surface area contributed by atoms with E-state index in [2.05, 4.69) is 0 Å². The number of sulfonamides is 1. The summed E-state index contributed by atoms with van der Waals surface area (Å²) in [5, 5.41) is 11.3. The first kappa shape index (κ1) is 18.6. The normalized spacial score (nSPS) is 15.8. The summed E-state index contributed by atoms with van der Waals surface area (Å²) in [5.74, 6) is -0.0539. The fourth-order valence-corrected chi connectivity index (χ4v) is 4.53. The zero-order chi connectivity index (χ0) is 18.7. The van der Waals surface area contributed by atoms with Gasteiger partial charge in [0.2, 0.25) is 10.0 Å². The molecule has 0 atom stereocenters. The van der Waals surface area contributed by atoms with E-state index in [-0.39, 0.29) is 11.4 Å². The third kappa shape index (κ3) is 4.32. The second-order valence-electron chi connectivity index (χ2n) is 6.04. The first-order valence-electron chi connectivity index (χ1n) is 8.07. The van der Waals surface area contributed by atoms with Gasteiger partial charge in [-0.25, -0.2) is 8.42 Å². The molecule has 0 N–H and O–H groups in total. The van der Waals surface area contributed by atoms with Crippen LogP contribution in [0.2, 0.25) is 5.02 Å². The standard InChI is InChI=1S/C17H18ClN3O4S/c18-15-3-1-14(2-4-15)13-26(24,25)20-11-9-19(10-12-20)16-5-7-17(8-6-16)21(22)23/h1-8H,9-13H2. The molecule has 2 aromatic rings. The van der Waals surface area contributed by atoms with Gasteiger partial charge in [0, 0.05) is 49.0 Å². The van der Waals surface area contributed by atoms with Gasteiger partial charge < -0.3 is 4.90 Å². The summed E-state index contributed by atoms with van der Waals surface area (Å²) >= 11 is 5.83. The van der Waals surface area contributed by atoms with Crippen molar-refractivity contribution in [3.63, 3.8) is 0 Å². The molecule has 7 nitrogen and oxygen atoms in total. The Morgan fingerprint density at radius 1 is 0.962 bits per heavy atom. The second-order valence-corrected chi connectivity index (χ2v) is 8.45. The Labute approximate surface area is 157 Å². The molecule has 26 heavy (non-hydrogen) atoms. The van der Waals surface area contributed by atoms with Crippen LogP contribution in [0.15, 0.2) is 48.5 Å². The molecule has 1 saturated heterocycles. The van der Waals surface area contributed by atoms with Crippen molar-refractivity contribution >= 4 is 33.0 Å². The third-order valence-electron chi connectivity index (χ3n) is 4.32. The maximum absolute atomic E-state index is 12.6. The number of halogens is 1. The average molecular weight is 396 g/mol. The first-order chi connectivity index (χ1) is 12.3. The quantitative estimate of drug-likeness (QED) is 0.574. The third-order valence-corrected chi connectivity index (χ3v) is 6.42. The highest BCUT2D eigenvalue weighted by atomic mass is 35.5. The maximum atomic E-state index is 12.6. The molecular formula is C17H18ClN3O4S. The fourth-order valence-electron chi connectivity index (χ4n) is 2.89. The van der Waals surface area contributed by atoms with Crippen molar-refractivity contribution in [3.8, 4) is 0 Å². The minimum absolute atomic E-state index is 0.0397. The van der Waals surface area contributed by atoms with E-state index in [1.54, 1.807) is 36.4 Å². The van der Waals surface area contributed by atoms with Crippen LogP contribution in [0.1, 0.15) is 5.56 Å². The van der Waals surface area contributed by atoms with Crippen LogP contribution in [-0.4, -0.2) is 43.8 Å². The van der Waals surface area contributed by atoms with Gasteiger partial charge in [-0.3, -0.25) is 10.1 Å². The molecule has 9 heteroatoms. The van der Waals surface area contributed by atoms with Gasteiger partial charge in [-0.15, -0.1) is 0 Å². The van der Waals surface area contributed by atoms with E-state index >= 15 is 0 Å². The van der Waals surface area contributed by atoms with Crippen LogP contribution in [0, 0.1) is 10.1 Å². The number of piperazine rings is 1. The van der Waals surface area contributed by atoms with Crippen LogP contribution in [0.5, 0.6) is 0 Å². The Morgan fingerprint density at radius 3 is 2.08 bits per heavy atom. The SMILES string of the molecule is O=[N+]([O-])c1ccc(N2CCN(S(=O)(=O)Cc3ccc(Cl)cc3)CC2)cc1. The molecule has 0 saturated carbocycles. The summed E-state index contributed by atoms with van der Waals surface area (Å²) in [5.41, 5.74) is 1.59. The lowest BCUT2D eigenvalue weighted by Gasteiger charge is -2.35. The zero-order valence-electron chi connectivity index (χ0n) is 13.9. The van der Waals surface area contributed by atoms with E-state index in [4.69, 9.17) is 11.6 Å². The van der Waals surface area contributed by atoms with Crippen molar-refractivity contribution in [3.05, 3.63) is 69.2 Å². The van der Waals surface area contributed by atoms with Crippen molar-refractivity contribution in [2.75, 3.05) is 31.1 Å². The molecule has 0 aromatic heterocycles. The highest BCUT2D eigenvalue weighted by Gasteiger charge is 2.27. The van der Waals surface area contributed by atoms with Crippen LogP contribution >= 0.6 is 11.6 Å². The summed E-state index contributed by atoms with van der Waals surface area (Å²) < 4.78 is 26.7. The van der Waals surface area contributed by atoms with Crippen molar-refractivity contribution in [2.45, 2.75) is 5.75 Å². The second kappa shape index (κ2) is 7.61. The van der Waals surface area contributed by atoms with Gasteiger partial charge in [-0.2, -0.15) is 4.31 Å². The molecule has 0 amide bonds. The van der Waals surface area contributed by atoms with Crippen molar-refractivity contribution in [1.29, 1.82) is 0 Å². The summed E-state index contributed by atoms with van der Waals surface area (Å²) in [6.07, 6.45) is 0. The number of nitro benzene ring substituents is 1. The van der Waals surface area contributed by atoms with Gasteiger partial charge in [0.15, 0.2) is 0 Å². The van der Waals surface area contributed by atoms with E-state index in [1.807, 2.05) is 4.90 Å².